The highest BCUT2D eigenvalue weighted by atomic mass is 14.9. The van der Waals surface area contributed by atoms with E-state index < -0.39 is 0 Å². The van der Waals surface area contributed by atoms with Gasteiger partial charge in [0.15, 0.2) is 0 Å². The first-order valence-corrected chi connectivity index (χ1v) is 13.7. The topological polar surface area (TPSA) is 12.0 Å². The van der Waals surface area contributed by atoms with Crippen molar-refractivity contribution < 1.29 is 0 Å². The number of unbranched alkanes of at least 4 members (excludes halogenated alkanes) is 12. The van der Waals surface area contributed by atoms with Gasteiger partial charge in [-0.05, 0) is 70.3 Å². The molecule has 1 atom stereocenters. The van der Waals surface area contributed by atoms with Crippen LogP contribution >= 0.6 is 0 Å². The molecule has 0 spiro atoms. The molecule has 1 aliphatic rings. The van der Waals surface area contributed by atoms with Gasteiger partial charge in [-0.1, -0.05) is 114 Å². The summed E-state index contributed by atoms with van der Waals surface area (Å²) in [6, 6.07) is 0.312. The molecule has 0 heterocycles. The smallest absolute Gasteiger partial charge is 0.0505 e. The zero-order valence-electron chi connectivity index (χ0n) is 21.6. The van der Waals surface area contributed by atoms with Crippen LogP contribution in [0, 0.1) is 0 Å². The molecule has 0 radical (unpaired) electrons. The maximum atomic E-state index is 4.28. The highest BCUT2D eigenvalue weighted by Crippen LogP contribution is 2.19. The molecule has 32 heavy (non-hydrogen) atoms. The number of hydrogen-bond donors (Lipinski definition) is 1. The summed E-state index contributed by atoms with van der Waals surface area (Å²) in [5, 5.41) is 3.64. The van der Waals surface area contributed by atoms with E-state index >= 15 is 0 Å². The Morgan fingerprint density at radius 2 is 1.47 bits per heavy atom. The average Bonchev–Trinajstić information content (AvgIpc) is 2.79. The van der Waals surface area contributed by atoms with Gasteiger partial charge >= 0.3 is 0 Å². The molecule has 0 saturated carbocycles. The third kappa shape index (κ3) is 16.2. The molecule has 0 aromatic carbocycles. The summed E-state index contributed by atoms with van der Waals surface area (Å²) < 4.78 is 0. The third-order valence-corrected chi connectivity index (χ3v) is 6.48. The maximum absolute atomic E-state index is 4.28. The number of nitrogens with one attached hydrogen (secondary N) is 1. The molecule has 0 fully saturated rings. The minimum Gasteiger partial charge on any atom is -0.382 e. The number of hydrogen-bond acceptors (Lipinski definition) is 1. The van der Waals surface area contributed by atoms with Crippen molar-refractivity contribution in [3.05, 3.63) is 60.4 Å². The van der Waals surface area contributed by atoms with Crippen molar-refractivity contribution >= 4 is 0 Å². The second-order valence-electron chi connectivity index (χ2n) is 9.80. The fourth-order valence-corrected chi connectivity index (χ4v) is 4.31. The normalized spacial score (nSPS) is 14.5. The van der Waals surface area contributed by atoms with Crippen LogP contribution in [-0.4, -0.2) is 6.04 Å². The molecule has 1 rings (SSSR count). The van der Waals surface area contributed by atoms with Crippen LogP contribution in [-0.2, 0) is 0 Å². The highest BCUT2D eigenvalue weighted by Gasteiger charge is 2.12. The molecule has 0 aromatic rings. The van der Waals surface area contributed by atoms with Gasteiger partial charge < -0.3 is 5.32 Å². The quantitative estimate of drug-likeness (QED) is 0.138. The molecule has 0 amide bonds. The van der Waals surface area contributed by atoms with Crippen LogP contribution in [0.3, 0.4) is 0 Å². The molecular weight excluding hydrogens is 386 g/mol. The van der Waals surface area contributed by atoms with Gasteiger partial charge in [-0.2, -0.15) is 0 Å². The standard InChI is InChI=1S/C31H53N/c1-5-6-7-8-9-10-11-12-13-14-15-16-17-18-19-21-24-29(4)32-31(28(2)3)27-30-25-22-20-23-26-30/h10-11,22,25-26,31-32H,2,4-9,12-21,23-24,27H2,1,3H3/b11-10-. The lowest BCUT2D eigenvalue weighted by Crippen LogP contribution is -2.29. The van der Waals surface area contributed by atoms with E-state index in [1.165, 1.54) is 120 Å². The maximum Gasteiger partial charge on any atom is 0.0505 e. The van der Waals surface area contributed by atoms with E-state index in [0.717, 1.165) is 12.8 Å². The third-order valence-electron chi connectivity index (χ3n) is 6.48. The largest absolute Gasteiger partial charge is 0.382 e. The van der Waals surface area contributed by atoms with Crippen molar-refractivity contribution in [1.82, 2.24) is 5.32 Å². The Hall–Kier alpha value is -1.50. The van der Waals surface area contributed by atoms with Crippen molar-refractivity contribution in [1.29, 1.82) is 0 Å². The van der Waals surface area contributed by atoms with Gasteiger partial charge in [-0.25, -0.2) is 0 Å². The zero-order valence-corrected chi connectivity index (χ0v) is 21.6. The predicted octanol–water partition coefficient (Wildman–Crippen LogP) is 10.1. The van der Waals surface area contributed by atoms with Crippen molar-refractivity contribution in [2.24, 2.45) is 0 Å². The van der Waals surface area contributed by atoms with Crippen molar-refractivity contribution in [2.45, 2.75) is 135 Å². The van der Waals surface area contributed by atoms with Crippen molar-refractivity contribution in [2.75, 3.05) is 0 Å². The van der Waals surface area contributed by atoms with Crippen LogP contribution < -0.4 is 5.32 Å². The molecule has 0 aliphatic heterocycles. The van der Waals surface area contributed by atoms with Gasteiger partial charge in [0.2, 0.25) is 0 Å². The minimum atomic E-state index is 0.312. The lowest BCUT2D eigenvalue weighted by molar-refractivity contribution is 0.555. The van der Waals surface area contributed by atoms with E-state index in [-0.39, 0.29) is 0 Å². The molecule has 0 aromatic heterocycles. The van der Waals surface area contributed by atoms with E-state index in [1.54, 1.807) is 0 Å². The van der Waals surface area contributed by atoms with Gasteiger partial charge in [0, 0.05) is 5.70 Å². The SMILES string of the molecule is C=C(CCCCCCCCCC/C=C\CCCCCC)NC(CC1=CCCC=C1)C(=C)C. The first-order chi connectivity index (χ1) is 15.6. The molecule has 1 N–H and O–H groups in total. The Kier molecular flexibility index (Phi) is 18.0. The Balaban J connectivity index is 1.95. The molecule has 1 aliphatic carbocycles. The Bertz CT molecular complexity index is 577. The molecule has 1 nitrogen and oxygen atoms in total. The fraction of sp³-hybridized carbons (Fsp3) is 0.677. The summed E-state index contributed by atoms with van der Waals surface area (Å²) in [4.78, 5) is 0. The van der Waals surface area contributed by atoms with Gasteiger partial charge in [0.1, 0.15) is 0 Å². The molecule has 1 unspecified atom stereocenters. The van der Waals surface area contributed by atoms with E-state index in [4.69, 9.17) is 0 Å². The lowest BCUT2D eigenvalue weighted by Gasteiger charge is -2.23. The van der Waals surface area contributed by atoms with E-state index in [9.17, 15) is 0 Å². The van der Waals surface area contributed by atoms with Crippen molar-refractivity contribution in [3.8, 4) is 0 Å². The van der Waals surface area contributed by atoms with Crippen LogP contribution in [0.4, 0.5) is 0 Å². The monoisotopic (exact) mass is 439 g/mol. The summed E-state index contributed by atoms with van der Waals surface area (Å²) in [5.74, 6) is 0. The van der Waals surface area contributed by atoms with Crippen molar-refractivity contribution in [3.63, 3.8) is 0 Å². The second kappa shape index (κ2) is 20.1. The van der Waals surface area contributed by atoms with Crippen LogP contribution in [0.5, 0.6) is 0 Å². The molecular formula is C31H53N. The van der Waals surface area contributed by atoms with Crippen LogP contribution in [0.15, 0.2) is 60.4 Å². The zero-order chi connectivity index (χ0) is 23.3. The van der Waals surface area contributed by atoms with Gasteiger partial charge in [-0.3, -0.25) is 0 Å². The first-order valence-electron chi connectivity index (χ1n) is 13.7. The Morgan fingerprint density at radius 1 is 0.875 bits per heavy atom. The average molecular weight is 440 g/mol. The van der Waals surface area contributed by atoms with Gasteiger partial charge in [-0.15, -0.1) is 0 Å². The predicted molar refractivity (Wildman–Crippen MR) is 146 cm³/mol. The van der Waals surface area contributed by atoms with E-state index in [0.29, 0.717) is 6.04 Å². The Labute approximate surface area is 201 Å². The number of rotatable bonds is 21. The summed E-state index contributed by atoms with van der Waals surface area (Å²) in [6.07, 6.45) is 35.2. The van der Waals surface area contributed by atoms with Gasteiger partial charge in [0.25, 0.3) is 0 Å². The second-order valence-corrected chi connectivity index (χ2v) is 9.80. The lowest BCUT2D eigenvalue weighted by atomic mass is 9.96. The highest BCUT2D eigenvalue weighted by molar-refractivity contribution is 5.26. The van der Waals surface area contributed by atoms with Crippen LogP contribution in [0.1, 0.15) is 129 Å². The minimum absolute atomic E-state index is 0.312. The van der Waals surface area contributed by atoms with Crippen LogP contribution in [0.25, 0.3) is 0 Å². The van der Waals surface area contributed by atoms with Gasteiger partial charge in [0.05, 0.1) is 6.04 Å². The van der Waals surface area contributed by atoms with E-state index in [1.807, 2.05) is 0 Å². The summed E-state index contributed by atoms with van der Waals surface area (Å²) in [6.45, 7) is 12.9. The summed E-state index contributed by atoms with van der Waals surface area (Å²) in [7, 11) is 0. The summed E-state index contributed by atoms with van der Waals surface area (Å²) >= 11 is 0. The summed E-state index contributed by atoms with van der Waals surface area (Å²) in [5.41, 5.74) is 3.81. The number of allylic oxidation sites excluding steroid dienone is 6. The van der Waals surface area contributed by atoms with Crippen LogP contribution in [0.2, 0.25) is 0 Å². The molecule has 1 heteroatoms. The first kappa shape index (κ1) is 28.5. The molecule has 182 valence electrons. The molecule has 0 bridgehead atoms. The van der Waals surface area contributed by atoms with E-state index in [2.05, 4.69) is 62.7 Å². The fourth-order valence-electron chi connectivity index (χ4n) is 4.31. The Morgan fingerprint density at radius 3 is 2.03 bits per heavy atom. The molecule has 0 saturated heterocycles.